The van der Waals surface area contributed by atoms with Gasteiger partial charge in [0, 0.05) is 6.42 Å². The first kappa shape index (κ1) is 26.4. The van der Waals surface area contributed by atoms with Crippen molar-refractivity contribution in [2.75, 3.05) is 0 Å². The lowest BCUT2D eigenvalue weighted by Gasteiger charge is -2.10. The van der Waals surface area contributed by atoms with Crippen LogP contribution in [0.25, 0.3) is 0 Å². The van der Waals surface area contributed by atoms with Crippen LogP contribution >= 0.6 is 0 Å². The number of aliphatic carboxylic acids is 1. The molecule has 27 heavy (non-hydrogen) atoms. The number of carboxylic acid groups (broad SMARTS) is 1. The number of hydrogen-bond acceptors (Lipinski definition) is 2. The molecule has 0 spiro atoms. The van der Waals surface area contributed by atoms with Gasteiger partial charge in [-0.05, 0) is 19.3 Å². The van der Waals surface area contributed by atoms with E-state index in [9.17, 15) is 9.90 Å². The van der Waals surface area contributed by atoms with Crippen LogP contribution in [0.3, 0.4) is 0 Å². The summed E-state index contributed by atoms with van der Waals surface area (Å²) in [4.78, 5) is 10.4. The van der Waals surface area contributed by atoms with Crippen LogP contribution in [0.5, 0.6) is 0 Å². The Hall–Kier alpha value is -0.570. The van der Waals surface area contributed by atoms with E-state index >= 15 is 0 Å². The molecule has 0 heterocycles. The van der Waals surface area contributed by atoms with Gasteiger partial charge < -0.3 is 10.2 Å². The normalized spacial score (nSPS) is 12.4. The van der Waals surface area contributed by atoms with E-state index in [0.29, 0.717) is 6.42 Å². The second kappa shape index (κ2) is 21.7. The highest BCUT2D eigenvalue weighted by Gasteiger charge is 2.04. The fraction of sp³-hybridized carbons (Fsp3) is 0.958. The van der Waals surface area contributed by atoms with Crippen molar-refractivity contribution in [3.8, 4) is 0 Å². The SMILES string of the molecule is CCCCCCCCCCCCC(O)CCCCCCCCCCC(=O)O. The van der Waals surface area contributed by atoms with Gasteiger partial charge in [0.05, 0.1) is 6.10 Å². The van der Waals surface area contributed by atoms with Gasteiger partial charge in [0.15, 0.2) is 0 Å². The smallest absolute Gasteiger partial charge is 0.303 e. The first-order valence-corrected chi connectivity index (χ1v) is 12.1. The predicted octanol–water partition coefficient (Wildman–Crippen LogP) is 7.64. The van der Waals surface area contributed by atoms with Gasteiger partial charge in [0.2, 0.25) is 0 Å². The molecule has 1 atom stereocenters. The lowest BCUT2D eigenvalue weighted by atomic mass is 10.0. The Balaban J connectivity index is 3.15. The third kappa shape index (κ3) is 23.4. The Morgan fingerprint density at radius 1 is 0.593 bits per heavy atom. The first-order chi connectivity index (χ1) is 13.2. The Kier molecular flexibility index (Phi) is 21.3. The molecule has 0 radical (unpaired) electrons. The molecule has 162 valence electrons. The van der Waals surface area contributed by atoms with E-state index in [4.69, 9.17) is 5.11 Å². The highest BCUT2D eigenvalue weighted by molar-refractivity contribution is 5.66. The fourth-order valence-electron chi connectivity index (χ4n) is 3.73. The van der Waals surface area contributed by atoms with E-state index in [1.807, 2.05) is 0 Å². The van der Waals surface area contributed by atoms with Gasteiger partial charge in [0.25, 0.3) is 0 Å². The van der Waals surface area contributed by atoms with E-state index in [1.165, 1.54) is 89.9 Å². The summed E-state index contributed by atoms with van der Waals surface area (Å²) in [5.74, 6) is -0.675. The van der Waals surface area contributed by atoms with E-state index in [2.05, 4.69) is 6.92 Å². The molecule has 1 unspecified atom stereocenters. The average molecular weight is 385 g/mol. The second-order valence-electron chi connectivity index (χ2n) is 8.39. The van der Waals surface area contributed by atoms with Gasteiger partial charge in [-0.1, -0.05) is 116 Å². The molecule has 0 aliphatic carbocycles. The highest BCUT2D eigenvalue weighted by atomic mass is 16.4. The number of hydrogen-bond donors (Lipinski definition) is 2. The second-order valence-corrected chi connectivity index (χ2v) is 8.39. The van der Waals surface area contributed by atoms with Crippen molar-refractivity contribution >= 4 is 5.97 Å². The third-order valence-electron chi connectivity index (χ3n) is 5.57. The molecule has 0 bridgehead atoms. The molecule has 0 aromatic carbocycles. The molecular formula is C24H48O3. The molecule has 0 amide bonds. The number of rotatable bonds is 22. The number of carbonyl (C=O) groups is 1. The average Bonchev–Trinajstić information content (AvgIpc) is 2.64. The van der Waals surface area contributed by atoms with Crippen LogP contribution < -0.4 is 0 Å². The van der Waals surface area contributed by atoms with Crippen LogP contribution in [-0.4, -0.2) is 22.3 Å². The van der Waals surface area contributed by atoms with Crippen LogP contribution in [0, 0.1) is 0 Å². The van der Waals surface area contributed by atoms with Gasteiger partial charge in [-0.25, -0.2) is 0 Å². The minimum atomic E-state index is -0.675. The Labute approximate surface area is 169 Å². The Bertz CT molecular complexity index is 304. The summed E-state index contributed by atoms with van der Waals surface area (Å²) in [6.45, 7) is 2.27. The standard InChI is InChI=1S/C24H48O3/c1-2-3-4-5-6-7-8-11-14-17-20-23(25)21-18-15-12-9-10-13-16-19-22-24(26)27/h23,25H,2-22H2,1H3,(H,26,27). The fourth-order valence-corrected chi connectivity index (χ4v) is 3.73. The number of carboxylic acids is 1. The molecule has 0 aromatic rings. The van der Waals surface area contributed by atoms with Crippen LogP contribution in [0.1, 0.15) is 142 Å². The van der Waals surface area contributed by atoms with Crippen molar-refractivity contribution in [1.29, 1.82) is 0 Å². The Morgan fingerprint density at radius 2 is 0.926 bits per heavy atom. The van der Waals surface area contributed by atoms with Crippen molar-refractivity contribution < 1.29 is 15.0 Å². The van der Waals surface area contributed by atoms with Crippen LogP contribution in [-0.2, 0) is 4.79 Å². The van der Waals surface area contributed by atoms with Crippen molar-refractivity contribution in [2.45, 2.75) is 148 Å². The topological polar surface area (TPSA) is 57.5 Å². The molecule has 0 fully saturated rings. The molecule has 2 N–H and O–H groups in total. The monoisotopic (exact) mass is 384 g/mol. The zero-order valence-corrected chi connectivity index (χ0v) is 18.2. The minimum Gasteiger partial charge on any atom is -0.481 e. The van der Waals surface area contributed by atoms with E-state index in [-0.39, 0.29) is 6.10 Å². The van der Waals surface area contributed by atoms with Gasteiger partial charge in [0.1, 0.15) is 0 Å². The van der Waals surface area contributed by atoms with Crippen molar-refractivity contribution in [3.63, 3.8) is 0 Å². The van der Waals surface area contributed by atoms with Crippen LogP contribution in [0.2, 0.25) is 0 Å². The molecule has 0 aliphatic heterocycles. The summed E-state index contributed by atoms with van der Waals surface area (Å²) >= 11 is 0. The molecule has 3 heteroatoms. The third-order valence-corrected chi connectivity index (χ3v) is 5.57. The molecule has 0 saturated carbocycles. The molecule has 0 saturated heterocycles. The van der Waals surface area contributed by atoms with Crippen molar-refractivity contribution in [2.24, 2.45) is 0 Å². The summed E-state index contributed by atoms with van der Waals surface area (Å²) < 4.78 is 0. The van der Waals surface area contributed by atoms with E-state index < -0.39 is 5.97 Å². The number of aliphatic hydroxyl groups excluding tert-OH is 1. The van der Waals surface area contributed by atoms with E-state index in [1.54, 1.807) is 0 Å². The summed E-state index contributed by atoms with van der Waals surface area (Å²) in [5, 5.41) is 18.6. The van der Waals surface area contributed by atoms with Gasteiger partial charge in [-0.2, -0.15) is 0 Å². The van der Waals surface area contributed by atoms with E-state index in [0.717, 1.165) is 38.5 Å². The summed E-state index contributed by atoms with van der Waals surface area (Å²) in [6, 6.07) is 0. The van der Waals surface area contributed by atoms with Gasteiger partial charge in [-0.15, -0.1) is 0 Å². The Morgan fingerprint density at radius 3 is 1.30 bits per heavy atom. The largest absolute Gasteiger partial charge is 0.481 e. The van der Waals surface area contributed by atoms with Crippen LogP contribution in [0.4, 0.5) is 0 Å². The number of aliphatic hydroxyl groups is 1. The molecule has 3 nitrogen and oxygen atoms in total. The molecular weight excluding hydrogens is 336 g/mol. The van der Waals surface area contributed by atoms with Crippen molar-refractivity contribution in [1.82, 2.24) is 0 Å². The quantitative estimate of drug-likeness (QED) is 0.188. The molecule has 0 aliphatic rings. The van der Waals surface area contributed by atoms with Crippen molar-refractivity contribution in [3.05, 3.63) is 0 Å². The zero-order valence-electron chi connectivity index (χ0n) is 18.2. The van der Waals surface area contributed by atoms with Gasteiger partial charge >= 0.3 is 5.97 Å². The summed E-state index contributed by atoms with van der Waals surface area (Å²) in [6.07, 6.45) is 24.9. The lowest BCUT2D eigenvalue weighted by Crippen LogP contribution is -2.05. The first-order valence-electron chi connectivity index (χ1n) is 12.1. The maximum atomic E-state index is 10.4. The summed E-state index contributed by atoms with van der Waals surface area (Å²) in [7, 11) is 0. The predicted molar refractivity (Wildman–Crippen MR) is 116 cm³/mol. The molecule has 0 rings (SSSR count). The maximum Gasteiger partial charge on any atom is 0.303 e. The zero-order chi connectivity index (χ0) is 20.0. The van der Waals surface area contributed by atoms with Crippen LogP contribution in [0.15, 0.2) is 0 Å². The minimum absolute atomic E-state index is 0.0879. The van der Waals surface area contributed by atoms with Gasteiger partial charge in [-0.3, -0.25) is 4.79 Å². The highest BCUT2D eigenvalue weighted by Crippen LogP contribution is 2.15. The number of unbranched alkanes of at least 4 members (excludes halogenated alkanes) is 16. The maximum absolute atomic E-state index is 10.4. The lowest BCUT2D eigenvalue weighted by molar-refractivity contribution is -0.137. The molecule has 0 aromatic heterocycles. The summed E-state index contributed by atoms with van der Waals surface area (Å²) in [5.41, 5.74) is 0.